The molecular weight excluding hydrogens is 354 g/mol. The highest BCUT2D eigenvalue weighted by atomic mass is 19.3. The Hall–Kier alpha value is -2.49. The van der Waals surface area contributed by atoms with Crippen molar-refractivity contribution in [1.82, 2.24) is 4.90 Å². The van der Waals surface area contributed by atoms with Crippen LogP contribution in [-0.2, 0) is 23.8 Å². The molecule has 10 heteroatoms. The molecule has 0 saturated carbocycles. The summed E-state index contributed by atoms with van der Waals surface area (Å²) in [4.78, 5) is 34.5. The number of amides is 2. The number of rotatable bonds is 6. The number of ether oxygens (including phenoxy) is 3. The van der Waals surface area contributed by atoms with Gasteiger partial charge in [-0.2, -0.15) is 8.78 Å². The summed E-state index contributed by atoms with van der Waals surface area (Å²) in [6, 6.07) is -1.21. The normalized spacial score (nSPS) is 25.5. The minimum Gasteiger partial charge on any atom is -0.460 e. The van der Waals surface area contributed by atoms with Gasteiger partial charge in [-0.05, 0) is 19.9 Å². The number of nitrogens with two attached hydrogens (primary N) is 1. The molecule has 0 aromatic rings. The van der Waals surface area contributed by atoms with Gasteiger partial charge in [-0.3, -0.25) is 14.5 Å². The van der Waals surface area contributed by atoms with Crippen molar-refractivity contribution in [3.8, 4) is 0 Å². The van der Waals surface area contributed by atoms with Crippen LogP contribution in [0.1, 0.15) is 27.7 Å². The Bertz CT molecular complexity index is 622. The maximum atomic E-state index is 14.9. The highest BCUT2D eigenvalue weighted by molar-refractivity contribution is 5.74. The predicted octanol–water partition coefficient (Wildman–Crippen LogP) is 1.70. The number of esters is 2. The number of allylic oxidation sites excluding steroid dienone is 2. The van der Waals surface area contributed by atoms with Gasteiger partial charge in [-0.1, -0.05) is 12.2 Å². The van der Waals surface area contributed by atoms with Crippen LogP contribution >= 0.6 is 0 Å². The van der Waals surface area contributed by atoms with E-state index in [0.29, 0.717) is 10.5 Å². The van der Waals surface area contributed by atoms with Crippen molar-refractivity contribution in [1.29, 1.82) is 0 Å². The smallest absolute Gasteiger partial charge is 0.331 e. The van der Waals surface area contributed by atoms with Gasteiger partial charge in [0.2, 0.25) is 6.23 Å². The van der Waals surface area contributed by atoms with Gasteiger partial charge in [-0.15, -0.1) is 0 Å². The van der Waals surface area contributed by atoms with E-state index in [0.717, 1.165) is 20.0 Å². The van der Waals surface area contributed by atoms with Gasteiger partial charge >= 0.3 is 23.9 Å². The molecule has 8 nitrogen and oxygen atoms in total. The Balaban J connectivity index is 3.27. The molecule has 1 fully saturated rings. The molecule has 0 aromatic carbocycles. The first-order chi connectivity index (χ1) is 11.9. The van der Waals surface area contributed by atoms with Crippen LogP contribution in [0.5, 0.6) is 0 Å². The lowest BCUT2D eigenvalue weighted by molar-refractivity contribution is -0.176. The molecule has 0 bridgehead atoms. The Labute approximate surface area is 149 Å². The Morgan fingerprint density at radius 2 is 1.85 bits per heavy atom. The molecule has 0 unspecified atom stereocenters. The van der Waals surface area contributed by atoms with Crippen LogP contribution < -0.4 is 5.73 Å². The van der Waals surface area contributed by atoms with Gasteiger partial charge in [-0.25, -0.2) is 4.79 Å². The summed E-state index contributed by atoms with van der Waals surface area (Å²) in [5.74, 6) is -5.54. The molecule has 0 spiro atoms. The van der Waals surface area contributed by atoms with E-state index < -0.39 is 48.4 Å². The van der Waals surface area contributed by atoms with Crippen molar-refractivity contribution in [2.75, 3.05) is 0 Å². The van der Waals surface area contributed by atoms with Crippen molar-refractivity contribution >= 4 is 18.0 Å². The number of urea groups is 1. The molecule has 1 aliphatic heterocycles. The van der Waals surface area contributed by atoms with Crippen LogP contribution in [0.25, 0.3) is 0 Å². The molecule has 1 rings (SSSR count). The zero-order valence-corrected chi connectivity index (χ0v) is 14.9. The van der Waals surface area contributed by atoms with Crippen LogP contribution in [-0.4, -0.2) is 53.3 Å². The summed E-state index contributed by atoms with van der Waals surface area (Å²) in [6.45, 7) is 8.48. The van der Waals surface area contributed by atoms with Crippen LogP contribution in [0.2, 0.25) is 0 Å². The third-order valence-electron chi connectivity index (χ3n) is 3.43. The first-order valence-electron chi connectivity index (χ1n) is 7.67. The second kappa shape index (κ2) is 8.26. The maximum Gasteiger partial charge on any atom is 0.331 e. The maximum absolute atomic E-state index is 14.9. The number of carbonyl (C=O) groups is 3. The third kappa shape index (κ3) is 5.01. The fourth-order valence-corrected chi connectivity index (χ4v) is 2.41. The van der Waals surface area contributed by atoms with E-state index in [4.69, 9.17) is 19.9 Å². The number of carbonyl (C=O) groups excluding carboxylic acids is 3. The van der Waals surface area contributed by atoms with Crippen molar-refractivity contribution in [3.63, 3.8) is 0 Å². The fourth-order valence-electron chi connectivity index (χ4n) is 2.41. The quantitative estimate of drug-likeness (QED) is 0.558. The van der Waals surface area contributed by atoms with Gasteiger partial charge in [0.15, 0.2) is 6.10 Å². The summed E-state index contributed by atoms with van der Waals surface area (Å²) in [7, 11) is 0. The molecule has 4 atom stereocenters. The Morgan fingerprint density at radius 3 is 2.27 bits per heavy atom. The van der Waals surface area contributed by atoms with Crippen molar-refractivity contribution in [2.45, 2.75) is 58.2 Å². The lowest BCUT2D eigenvalue weighted by Crippen LogP contribution is -2.52. The van der Waals surface area contributed by atoms with E-state index in [9.17, 15) is 23.2 Å². The first-order valence-corrected chi connectivity index (χ1v) is 7.67. The molecular formula is C16H22F2N2O6. The average Bonchev–Trinajstić information content (AvgIpc) is 2.70. The zero-order chi connectivity index (χ0) is 20.2. The summed E-state index contributed by atoms with van der Waals surface area (Å²) < 4.78 is 44.6. The Morgan fingerprint density at radius 1 is 1.27 bits per heavy atom. The second-order valence-corrected chi connectivity index (χ2v) is 5.88. The lowest BCUT2D eigenvalue weighted by Gasteiger charge is -2.28. The summed E-state index contributed by atoms with van der Waals surface area (Å²) >= 11 is 0. The second-order valence-electron chi connectivity index (χ2n) is 5.88. The lowest BCUT2D eigenvalue weighted by atomic mass is 10.0. The summed E-state index contributed by atoms with van der Waals surface area (Å²) in [5, 5.41) is 0. The molecule has 1 heterocycles. The van der Waals surface area contributed by atoms with Crippen molar-refractivity contribution in [2.24, 2.45) is 5.73 Å². The molecule has 146 valence electrons. The minimum atomic E-state index is -3.82. The van der Waals surface area contributed by atoms with Crippen molar-refractivity contribution < 1.29 is 37.4 Å². The van der Waals surface area contributed by atoms with E-state index in [1.807, 2.05) is 0 Å². The Kier molecular flexibility index (Phi) is 6.85. The summed E-state index contributed by atoms with van der Waals surface area (Å²) in [5.41, 5.74) is 5.64. The predicted molar refractivity (Wildman–Crippen MR) is 85.8 cm³/mol. The zero-order valence-electron chi connectivity index (χ0n) is 14.9. The molecule has 1 aliphatic rings. The third-order valence-corrected chi connectivity index (χ3v) is 3.43. The number of halogens is 2. The van der Waals surface area contributed by atoms with Crippen LogP contribution in [0, 0.1) is 0 Å². The largest absolute Gasteiger partial charge is 0.460 e. The molecule has 0 aliphatic carbocycles. The molecule has 2 N–H and O–H groups in total. The standard InChI is InChI=1S/C16H22F2N2O6/c1-8(2)6-7-20(15(19)23)14-16(17,18)13(25-11(5)22)12(26-14)9(3)24-10(4)21/h6-7,9,12-14H,1H2,2-5H3,(H2,19,23)/b7-6-/t9-,12+,13+,14+/m0/s1. The van der Waals surface area contributed by atoms with Crippen LogP contribution in [0.4, 0.5) is 13.6 Å². The number of hydrogen-bond donors (Lipinski definition) is 1. The van der Waals surface area contributed by atoms with E-state index in [1.165, 1.54) is 13.0 Å². The first kappa shape index (κ1) is 21.6. The van der Waals surface area contributed by atoms with E-state index in [2.05, 4.69) is 6.58 Å². The molecule has 26 heavy (non-hydrogen) atoms. The van der Waals surface area contributed by atoms with Crippen molar-refractivity contribution in [3.05, 3.63) is 24.4 Å². The van der Waals surface area contributed by atoms with E-state index in [1.54, 1.807) is 6.92 Å². The number of alkyl halides is 2. The highest BCUT2D eigenvalue weighted by Crippen LogP contribution is 2.41. The van der Waals surface area contributed by atoms with Gasteiger partial charge < -0.3 is 19.9 Å². The SMILES string of the molecule is C=C(C)/C=C\N(C(N)=O)[C@@H]1O[C@H]([C@H](C)OC(C)=O)[C@@H](OC(C)=O)C1(F)F. The fraction of sp³-hybridized carbons (Fsp3) is 0.562. The van der Waals surface area contributed by atoms with Crippen LogP contribution in [0.3, 0.4) is 0 Å². The van der Waals surface area contributed by atoms with E-state index >= 15 is 0 Å². The summed E-state index contributed by atoms with van der Waals surface area (Å²) in [6.07, 6.45) is -4.65. The molecule has 0 aromatic heterocycles. The van der Waals surface area contributed by atoms with Gasteiger partial charge in [0, 0.05) is 20.0 Å². The molecule has 0 radical (unpaired) electrons. The molecule has 2 amide bonds. The van der Waals surface area contributed by atoms with Crippen LogP contribution in [0.15, 0.2) is 24.4 Å². The van der Waals surface area contributed by atoms with Gasteiger partial charge in [0.25, 0.3) is 0 Å². The average molecular weight is 376 g/mol. The van der Waals surface area contributed by atoms with Gasteiger partial charge in [0.05, 0.1) is 0 Å². The number of primary amides is 1. The highest BCUT2D eigenvalue weighted by Gasteiger charge is 2.65. The molecule has 1 saturated heterocycles. The topological polar surface area (TPSA) is 108 Å². The monoisotopic (exact) mass is 376 g/mol. The number of hydrogen-bond acceptors (Lipinski definition) is 6. The van der Waals surface area contributed by atoms with E-state index in [-0.39, 0.29) is 0 Å². The number of nitrogens with zero attached hydrogens (tertiary/aromatic N) is 1. The van der Waals surface area contributed by atoms with Gasteiger partial charge in [0.1, 0.15) is 12.2 Å². The minimum absolute atomic E-state index is 0.464.